The second kappa shape index (κ2) is 5.79. The third-order valence-corrected chi connectivity index (χ3v) is 3.44. The summed E-state index contributed by atoms with van der Waals surface area (Å²) in [6.07, 6.45) is 4.26. The zero-order valence-corrected chi connectivity index (χ0v) is 11.4. The van der Waals surface area contributed by atoms with Crippen LogP contribution >= 0.6 is 11.8 Å². The lowest BCUT2D eigenvalue weighted by Crippen LogP contribution is -2.24. The smallest absolute Gasteiger partial charge is 0.276 e. The van der Waals surface area contributed by atoms with Crippen LogP contribution in [-0.2, 0) is 4.79 Å². The highest BCUT2D eigenvalue weighted by Crippen LogP contribution is 2.34. The molecule has 0 spiro atoms. The van der Waals surface area contributed by atoms with Crippen molar-refractivity contribution in [2.24, 2.45) is 16.5 Å². The predicted octanol–water partition coefficient (Wildman–Crippen LogP) is 1.37. The van der Waals surface area contributed by atoms with Crippen LogP contribution in [0.2, 0.25) is 0 Å². The topological polar surface area (TPSA) is 90.7 Å². The maximum Gasteiger partial charge on any atom is 0.276 e. The standard InChI is InChI=1S/C13H15N3O2S/c1-19-10-4-2-3-8-7-9(5-6-18-11(8)10)12(17)16-13(14)15/h2-4,7H,5-6H2,1H3,(H4,14,15,16,17). The Morgan fingerprint density at radius 3 is 2.89 bits per heavy atom. The number of nitrogens with two attached hydrogens (primary N) is 2. The summed E-state index contributed by atoms with van der Waals surface area (Å²) in [6.45, 7) is 0.433. The van der Waals surface area contributed by atoms with Crippen molar-refractivity contribution in [1.82, 2.24) is 0 Å². The molecule has 1 aliphatic rings. The van der Waals surface area contributed by atoms with Crippen molar-refractivity contribution < 1.29 is 9.53 Å². The summed E-state index contributed by atoms with van der Waals surface area (Å²) < 4.78 is 5.72. The lowest BCUT2D eigenvalue weighted by Gasteiger charge is -2.09. The van der Waals surface area contributed by atoms with Gasteiger partial charge in [-0.3, -0.25) is 4.79 Å². The van der Waals surface area contributed by atoms with Gasteiger partial charge in [0.1, 0.15) is 5.75 Å². The van der Waals surface area contributed by atoms with Crippen molar-refractivity contribution in [2.45, 2.75) is 11.3 Å². The van der Waals surface area contributed by atoms with E-state index in [1.54, 1.807) is 17.8 Å². The lowest BCUT2D eigenvalue weighted by atomic mass is 10.1. The average molecular weight is 277 g/mol. The van der Waals surface area contributed by atoms with Gasteiger partial charge in [-0.05, 0) is 18.4 Å². The molecular weight excluding hydrogens is 262 g/mol. The van der Waals surface area contributed by atoms with E-state index < -0.39 is 5.91 Å². The predicted molar refractivity (Wildman–Crippen MR) is 77.1 cm³/mol. The number of benzene rings is 1. The Morgan fingerprint density at radius 1 is 1.42 bits per heavy atom. The van der Waals surface area contributed by atoms with Gasteiger partial charge in [0.15, 0.2) is 5.96 Å². The maximum atomic E-state index is 11.8. The van der Waals surface area contributed by atoms with E-state index in [-0.39, 0.29) is 5.96 Å². The second-order valence-corrected chi connectivity index (χ2v) is 4.84. The fourth-order valence-corrected chi connectivity index (χ4v) is 2.42. The van der Waals surface area contributed by atoms with Crippen LogP contribution in [0.4, 0.5) is 0 Å². The van der Waals surface area contributed by atoms with Crippen molar-refractivity contribution >= 4 is 29.7 Å². The molecule has 1 aliphatic heterocycles. The lowest BCUT2D eigenvalue weighted by molar-refractivity contribution is -0.114. The highest BCUT2D eigenvalue weighted by Gasteiger charge is 2.17. The van der Waals surface area contributed by atoms with Crippen LogP contribution in [0.15, 0.2) is 33.7 Å². The molecule has 0 atom stereocenters. The monoisotopic (exact) mass is 277 g/mol. The van der Waals surface area contributed by atoms with Crippen LogP contribution in [0.1, 0.15) is 12.0 Å². The molecule has 0 saturated heterocycles. The molecule has 0 aliphatic carbocycles. The molecule has 1 aromatic carbocycles. The molecule has 19 heavy (non-hydrogen) atoms. The first-order valence-corrected chi connectivity index (χ1v) is 6.98. The number of carbonyl (C=O) groups excluding carboxylic acids is 1. The Bertz CT molecular complexity index is 563. The molecule has 1 amide bonds. The van der Waals surface area contributed by atoms with E-state index in [0.717, 1.165) is 16.2 Å². The fourth-order valence-electron chi connectivity index (χ4n) is 1.84. The van der Waals surface area contributed by atoms with Crippen LogP contribution in [-0.4, -0.2) is 24.7 Å². The van der Waals surface area contributed by atoms with E-state index in [0.29, 0.717) is 18.6 Å². The first-order chi connectivity index (χ1) is 9.11. The van der Waals surface area contributed by atoms with Crippen molar-refractivity contribution in [1.29, 1.82) is 0 Å². The van der Waals surface area contributed by atoms with Gasteiger partial charge in [-0.25, -0.2) is 0 Å². The Morgan fingerprint density at radius 2 is 2.21 bits per heavy atom. The van der Waals surface area contributed by atoms with E-state index in [4.69, 9.17) is 16.2 Å². The Balaban J connectivity index is 2.41. The SMILES string of the molecule is CSc1cccc2c1OCCC(C(=O)N=C(N)N)=C2. The molecule has 4 N–H and O–H groups in total. The number of rotatable bonds is 2. The number of carbonyl (C=O) groups is 1. The van der Waals surface area contributed by atoms with Gasteiger partial charge in [0, 0.05) is 22.5 Å². The van der Waals surface area contributed by atoms with E-state index in [1.807, 2.05) is 24.5 Å². The van der Waals surface area contributed by atoms with Gasteiger partial charge in [0.2, 0.25) is 0 Å². The van der Waals surface area contributed by atoms with Gasteiger partial charge in [-0.2, -0.15) is 4.99 Å². The zero-order chi connectivity index (χ0) is 13.8. The van der Waals surface area contributed by atoms with Gasteiger partial charge >= 0.3 is 0 Å². The molecule has 2 rings (SSSR count). The van der Waals surface area contributed by atoms with Gasteiger partial charge in [-0.15, -0.1) is 11.8 Å². The Hall–Kier alpha value is -1.95. The summed E-state index contributed by atoms with van der Waals surface area (Å²) in [5, 5.41) is 0. The first-order valence-electron chi connectivity index (χ1n) is 5.76. The summed E-state index contributed by atoms with van der Waals surface area (Å²) in [5.74, 6) is 0.169. The molecule has 0 fully saturated rings. The van der Waals surface area contributed by atoms with Crippen molar-refractivity contribution in [3.63, 3.8) is 0 Å². The summed E-state index contributed by atoms with van der Waals surface area (Å²) in [4.78, 5) is 16.5. The van der Waals surface area contributed by atoms with Crippen molar-refractivity contribution in [3.8, 4) is 5.75 Å². The molecule has 0 saturated carbocycles. The molecule has 100 valence electrons. The number of para-hydroxylation sites is 1. The Kier molecular flexibility index (Phi) is 4.11. The number of hydrogen-bond donors (Lipinski definition) is 2. The van der Waals surface area contributed by atoms with Gasteiger partial charge < -0.3 is 16.2 Å². The number of hydrogen-bond acceptors (Lipinski definition) is 3. The van der Waals surface area contributed by atoms with E-state index in [1.165, 1.54) is 0 Å². The number of guanidine groups is 1. The van der Waals surface area contributed by atoms with E-state index in [9.17, 15) is 4.79 Å². The first kappa shape index (κ1) is 13.5. The largest absolute Gasteiger partial charge is 0.491 e. The average Bonchev–Trinajstić information content (AvgIpc) is 2.59. The van der Waals surface area contributed by atoms with Crippen molar-refractivity contribution in [3.05, 3.63) is 29.3 Å². The number of amides is 1. The molecule has 6 heteroatoms. The number of nitrogens with zero attached hydrogens (tertiary/aromatic N) is 1. The quantitative estimate of drug-likeness (QED) is 0.484. The summed E-state index contributed by atoms with van der Waals surface area (Å²) >= 11 is 1.61. The molecule has 1 heterocycles. The summed E-state index contributed by atoms with van der Waals surface area (Å²) in [5.41, 5.74) is 11.9. The summed E-state index contributed by atoms with van der Waals surface area (Å²) in [7, 11) is 0. The maximum absolute atomic E-state index is 11.8. The minimum absolute atomic E-state index is 0.228. The molecular formula is C13H15N3O2S. The van der Waals surface area contributed by atoms with Crippen LogP contribution in [0.5, 0.6) is 5.75 Å². The van der Waals surface area contributed by atoms with E-state index in [2.05, 4.69) is 4.99 Å². The third kappa shape index (κ3) is 3.08. The highest BCUT2D eigenvalue weighted by atomic mass is 32.2. The van der Waals surface area contributed by atoms with Gasteiger partial charge in [-0.1, -0.05) is 12.1 Å². The number of thioether (sulfide) groups is 1. The van der Waals surface area contributed by atoms with Gasteiger partial charge in [0.25, 0.3) is 5.91 Å². The molecule has 5 nitrogen and oxygen atoms in total. The minimum Gasteiger partial charge on any atom is -0.491 e. The third-order valence-electron chi connectivity index (χ3n) is 2.68. The molecule has 1 aromatic rings. The summed E-state index contributed by atoms with van der Waals surface area (Å²) in [6, 6.07) is 5.82. The number of aliphatic imine (C=N–C) groups is 1. The normalized spacial score (nSPS) is 13.6. The number of fused-ring (bicyclic) bond motifs is 1. The number of ether oxygens (including phenoxy) is 1. The zero-order valence-electron chi connectivity index (χ0n) is 10.6. The van der Waals surface area contributed by atoms with E-state index >= 15 is 0 Å². The van der Waals surface area contributed by atoms with Crippen LogP contribution in [0.3, 0.4) is 0 Å². The minimum atomic E-state index is -0.411. The fraction of sp³-hybridized carbons (Fsp3) is 0.231. The molecule has 0 aromatic heterocycles. The van der Waals surface area contributed by atoms with Crippen LogP contribution < -0.4 is 16.2 Å². The molecule has 0 bridgehead atoms. The van der Waals surface area contributed by atoms with Crippen molar-refractivity contribution in [2.75, 3.05) is 12.9 Å². The second-order valence-electron chi connectivity index (χ2n) is 3.99. The highest BCUT2D eigenvalue weighted by molar-refractivity contribution is 7.98. The molecule has 0 radical (unpaired) electrons. The van der Waals surface area contributed by atoms with Crippen LogP contribution in [0, 0.1) is 0 Å². The van der Waals surface area contributed by atoms with Gasteiger partial charge in [0.05, 0.1) is 6.61 Å². The molecule has 0 unspecified atom stereocenters. The van der Waals surface area contributed by atoms with Crippen LogP contribution in [0.25, 0.3) is 6.08 Å². The Labute approximate surface area is 115 Å².